The molecule has 0 unspecified atom stereocenters. The lowest BCUT2D eigenvalue weighted by Crippen LogP contribution is -2.44. The molecule has 0 aromatic carbocycles. The normalized spacial score (nSPS) is 19.1. The molecule has 1 aliphatic rings. The lowest BCUT2D eigenvalue weighted by Gasteiger charge is -2.32. The van der Waals surface area contributed by atoms with Crippen LogP contribution >= 0.6 is 0 Å². The van der Waals surface area contributed by atoms with Crippen LogP contribution in [0.3, 0.4) is 0 Å². The number of amides is 1. The molecule has 4 nitrogen and oxygen atoms in total. The number of likely N-dealkylation sites (N-methyl/N-ethyl adjacent to an activating group) is 1. The lowest BCUT2D eigenvalue weighted by molar-refractivity contribution is -0.133. The van der Waals surface area contributed by atoms with Gasteiger partial charge in [-0.25, -0.2) is 0 Å². The van der Waals surface area contributed by atoms with Crippen LogP contribution in [-0.4, -0.2) is 60.1 Å². The van der Waals surface area contributed by atoms with Gasteiger partial charge in [0.25, 0.3) is 0 Å². The zero-order chi connectivity index (χ0) is 12.1. The van der Waals surface area contributed by atoms with Crippen LogP contribution in [0.2, 0.25) is 0 Å². The minimum absolute atomic E-state index is 0.192. The average Bonchev–Trinajstić information content (AvgIpc) is 2.28. The Balaban J connectivity index is 2.31. The number of hydrogen-bond donors (Lipinski definition) is 1. The number of rotatable bonds is 4. The molecular weight excluding hydrogens is 204 g/mol. The van der Waals surface area contributed by atoms with Crippen LogP contribution in [0.5, 0.6) is 0 Å². The molecule has 0 spiro atoms. The molecule has 16 heavy (non-hydrogen) atoms. The van der Waals surface area contributed by atoms with Gasteiger partial charge in [-0.2, -0.15) is 0 Å². The van der Waals surface area contributed by atoms with Crippen LogP contribution in [0.15, 0.2) is 0 Å². The lowest BCUT2D eigenvalue weighted by atomic mass is 9.98. The molecule has 0 atom stereocenters. The van der Waals surface area contributed by atoms with E-state index in [4.69, 9.17) is 5.11 Å². The number of likely N-dealkylation sites (tertiary alicyclic amines) is 1. The van der Waals surface area contributed by atoms with E-state index >= 15 is 0 Å². The zero-order valence-corrected chi connectivity index (χ0v) is 10.6. The Hall–Kier alpha value is -0.610. The number of hydrogen-bond acceptors (Lipinski definition) is 3. The highest BCUT2D eigenvalue weighted by molar-refractivity contribution is 5.78. The molecule has 0 radical (unpaired) electrons. The van der Waals surface area contributed by atoms with Crippen molar-refractivity contribution >= 4 is 5.91 Å². The quantitative estimate of drug-likeness (QED) is 0.764. The molecule has 0 bridgehead atoms. The third kappa shape index (κ3) is 3.76. The van der Waals surface area contributed by atoms with Gasteiger partial charge >= 0.3 is 0 Å². The number of carbonyl (C=O) groups is 1. The van der Waals surface area contributed by atoms with Crippen molar-refractivity contribution in [1.29, 1.82) is 0 Å². The predicted molar refractivity (Wildman–Crippen MR) is 64.2 cm³/mol. The van der Waals surface area contributed by atoms with Gasteiger partial charge < -0.3 is 10.0 Å². The molecular formula is C12H24N2O2. The molecule has 1 heterocycles. The number of carbonyl (C=O) groups excluding carboxylic acids is 1. The second-order valence-electron chi connectivity index (χ2n) is 5.00. The van der Waals surface area contributed by atoms with E-state index in [-0.39, 0.29) is 18.6 Å². The maximum atomic E-state index is 11.8. The van der Waals surface area contributed by atoms with Crippen molar-refractivity contribution in [2.24, 2.45) is 5.92 Å². The summed E-state index contributed by atoms with van der Waals surface area (Å²) < 4.78 is 0. The van der Waals surface area contributed by atoms with Gasteiger partial charge in [-0.05, 0) is 45.7 Å². The van der Waals surface area contributed by atoms with E-state index in [0.29, 0.717) is 12.5 Å². The van der Waals surface area contributed by atoms with Crippen molar-refractivity contribution in [2.45, 2.75) is 32.7 Å². The smallest absolute Gasteiger partial charge is 0.236 e. The van der Waals surface area contributed by atoms with Gasteiger partial charge in [0.05, 0.1) is 6.54 Å². The van der Waals surface area contributed by atoms with Crippen molar-refractivity contribution in [1.82, 2.24) is 9.80 Å². The largest absolute Gasteiger partial charge is 0.396 e. The monoisotopic (exact) mass is 228 g/mol. The van der Waals surface area contributed by atoms with E-state index < -0.39 is 0 Å². The van der Waals surface area contributed by atoms with Gasteiger partial charge in [0.2, 0.25) is 5.91 Å². The number of aliphatic hydroxyl groups is 1. The standard InChI is InChI=1S/C12H24N2O2/c1-10(2)13(3)12(16)8-14-6-4-11(9-15)5-7-14/h10-11,15H,4-9H2,1-3H3. The Labute approximate surface area is 98.2 Å². The van der Waals surface area contributed by atoms with Gasteiger partial charge in [-0.15, -0.1) is 0 Å². The first kappa shape index (κ1) is 13.5. The molecule has 1 N–H and O–H groups in total. The van der Waals surface area contributed by atoms with E-state index in [2.05, 4.69) is 4.90 Å². The van der Waals surface area contributed by atoms with Gasteiger partial charge in [-0.3, -0.25) is 9.69 Å². The number of aliphatic hydroxyl groups excluding tert-OH is 1. The fourth-order valence-corrected chi connectivity index (χ4v) is 1.92. The zero-order valence-electron chi connectivity index (χ0n) is 10.6. The van der Waals surface area contributed by atoms with Crippen LogP contribution in [0.4, 0.5) is 0 Å². The summed E-state index contributed by atoms with van der Waals surface area (Å²) in [6.45, 7) is 6.72. The summed E-state index contributed by atoms with van der Waals surface area (Å²) in [5, 5.41) is 9.03. The van der Waals surface area contributed by atoms with Gasteiger partial charge in [-0.1, -0.05) is 0 Å². The fraction of sp³-hybridized carbons (Fsp3) is 0.917. The Morgan fingerprint density at radius 3 is 2.44 bits per heavy atom. The maximum absolute atomic E-state index is 11.8. The second-order valence-corrected chi connectivity index (χ2v) is 5.00. The van der Waals surface area contributed by atoms with Crippen LogP contribution in [0.1, 0.15) is 26.7 Å². The fourth-order valence-electron chi connectivity index (χ4n) is 1.92. The summed E-state index contributed by atoms with van der Waals surface area (Å²) in [5.74, 6) is 0.631. The third-order valence-electron chi connectivity index (χ3n) is 3.49. The summed E-state index contributed by atoms with van der Waals surface area (Å²) >= 11 is 0. The highest BCUT2D eigenvalue weighted by atomic mass is 16.3. The van der Waals surface area contributed by atoms with Gasteiger partial charge in [0.15, 0.2) is 0 Å². The SMILES string of the molecule is CC(C)N(C)C(=O)CN1CCC(CO)CC1. The van der Waals surface area contributed by atoms with Crippen molar-refractivity contribution in [2.75, 3.05) is 33.3 Å². The van der Waals surface area contributed by atoms with E-state index in [1.807, 2.05) is 20.9 Å². The van der Waals surface area contributed by atoms with Crippen LogP contribution in [0.25, 0.3) is 0 Å². The molecule has 94 valence electrons. The second kappa shape index (κ2) is 6.21. The van der Waals surface area contributed by atoms with Gasteiger partial charge in [0, 0.05) is 19.7 Å². The molecule has 0 aromatic heterocycles. The maximum Gasteiger partial charge on any atom is 0.236 e. The molecule has 0 aliphatic carbocycles. The molecule has 1 fully saturated rings. The topological polar surface area (TPSA) is 43.8 Å². The average molecular weight is 228 g/mol. The van der Waals surface area contributed by atoms with Gasteiger partial charge in [0.1, 0.15) is 0 Å². The Kier molecular flexibility index (Phi) is 5.22. The number of piperidine rings is 1. The van der Waals surface area contributed by atoms with Crippen molar-refractivity contribution in [3.05, 3.63) is 0 Å². The molecule has 4 heteroatoms. The molecule has 1 aliphatic heterocycles. The Bertz CT molecular complexity index is 223. The third-order valence-corrected chi connectivity index (χ3v) is 3.49. The minimum Gasteiger partial charge on any atom is -0.396 e. The minimum atomic E-state index is 0.192. The van der Waals surface area contributed by atoms with Crippen molar-refractivity contribution < 1.29 is 9.90 Å². The summed E-state index contributed by atoms with van der Waals surface area (Å²) in [6, 6.07) is 0.266. The van der Waals surface area contributed by atoms with Crippen LogP contribution in [-0.2, 0) is 4.79 Å². The van der Waals surface area contributed by atoms with E-state index in [1.54, 1.807) is 4.90 Å². The Morgan fingerprint density at radius 1 is 1.44 bits per heavy atom. The predicted octanol–water partition coefficient (Wildman–Crippen LogP) is 0.557. The van der Waals surface area contributed by atoms with Crippen molar-refractivity contribution in [3.63, 3.8) is 0 Å². The summed E-state index contributed by atoms with van der Waals surface area (Å²) in [6.07, 6.45) is 2.02. The highest BCUT2D eigenvalue weighted by Crippen LogP contribution is 2.16. The highest BCUT2D eigenvalue weighted by Gasteiger charge is 2.21. The number of nitrogens with zero attached hydrogens (tertiary/aromatic N) is 2. The van der Waals surface area contributed by atoms with Crippen molar-refractivity contribution in [3.8, 4) is 0 Å². The Morgan fingerprint density at radius 2 is 2.00 bits per heavy atom. The molecule has 1 saturated heterocycles. The first-order chi connectivity index (χ1) is 7.54. The van der Waals surface area contributed by atoms with Crippen LogP contribution < -0.4 is 0 Å². The summed E-state index contributed by atoms with van der Waals surface area (Å²) in [7, 11) is 1.85. The van der Waals surface area contributed by atoms with E-state index in [9.17, 15) is 4.79 Å². The molecule has 0 aromatic rings. The van der Waals surface area contributed by atoms with E-state index in [0.717, 1.165) is 25.9 Å². The molecule has 1 rings (SSSR count). The summed E-state index contributed by atoms with van der Waals surface area (Å²) in [5.41, 5.74) is 0. The van der Waals surface area contributed by atoms with Crippen LogP contribution in [0, 0.1) is 5.92 Å². The molecule has 0 saturated carbocycles. The van der Waals surface area contributed by atoms with E-state index in [1.165, 1.54) is 0 Å². The molecule has 1 amide bonds. The summed E-state index contributed by atoms with van der Waals surface area (Å²) in [4.78, 5) is 15.8. The first-order valence-electron chi connectivity index (χ1n) is 6.13. The first-order valence-corrected chi connectivity index (χ1v) is 6.13.